The van der Waals surface area contributed by atoms with Crippen molar-refractivity contribution in [2.45, 2.75) is 64.9 Å². The number of aliphatic hydroxyl groups is 1. The lowest BCUT2D eigenvalue weighted by Gasteiger charge is -2.36. The van der Waals surface area contributed by atoms with Gasteiger partial charge in [0, 0.05) is 24.9 Å². The smallest absolute Gasteiger partial charge is 0.222 e. The van der Waals surface area contributed by atoms with E-state index < -0.39 is 12.0 Å². The Bertz CT molecular complexity index is 809. The summed E-state index contributed by atoms with van der Waals surface area (Å²) in [6, 6.07) is 4.02. The van der Waals surface area contributed by atoms with Crippen LogP contribution >= 0.6 is 0 Å². The van der Waals surface area contributed by atoms with E-state index in [1.165, 1.54) is 0 Å². The van der Waals surface area contributed by atoms with Gasteiger partial charge in [-0.3, -0.25) is 9.59 Å². The van der Waals surface area contributed by atoms with Crippen molar-refractivity contribution in [3.63, 3.8) is 0 Å². The van der Waals surface area contributed by atoms with Crippen LogP contribution in [0.5, 0.6) is 0 Å². The Labute approximate surface area is 168 Å². The van der Waals surface area contributed by atoms with Gasteiger partial charge in [0.05, 0.1) is 12.0 Å². The molecular weight excluding hydrogens is 350 g/mol. The molecule has 1 aromatic carbocycles. The van der Waals surface area contributed by atoms with Gasteiger partial charge >= 0.3 is 0 Å². The summed E-state index contributed by atoms with van der Waals surface area (Å²) in [6.07, 6.45) is 3.16. The maximum absolute atomic E-state index is 13.1. The molecule has 4 nitrogen and oxygen atoms in total. The van der Waals surface area contributed by atoms with Crippen LogP contribution in [0.15, 0.2) is 12.1 Å². The lowest BCUT2D eigenvalue weighted by molar-refractivity contribution is -0.128. The van der Waals surface area contributed by atoms with E-state index in [2.05, 4.69) is 17.2 Å². The average Bonchev–Trinajstić information content (AvgIpc) is 3.13. The van der Waals surface area contributed by atoms with Gasteiger partial charge in [-0.1, -0.05) is 5.92 Å². The summed E-state index contributed by atoms with van der Waals surface area (Å²) < 4.78 is 0. The second kappa shape index (κ2) is 8.49. The first-order valence-electron chi connectivity index (χ1n) is 10.3. The molecule has 3 rings (SSSR count). The van der Waals surface area contributed by atoms with Gasteiger partial charge in [0.1, 0.15) is 5.78 Å². The standard InChI is InChI=1S/C24H31NO3/c1-5-6-16-9-14(2)22(15(3)10-16)23-20(26)12-19(13-21(23)27)17-7-8-18(11-17)24(28)25-4/h9-10,17-20,23,26H,7-8,11-13H2,1-4H3,(H,25,28)/t17-,18+,19?,20?,23?/m0/s1. The van der Waals surface area contributed by atoms with Crippen molar-refractivity contribution < 1.29 is 14.7 Å². The first kappa shape index (κ1) is 20.6. The number of hydrogen-bond donors (Lipinski definition) is 2. The fourth-order valence-electron chi connectivity index (χ4n) is 5.41. The molecule has 1 aromatic rings. The molecule has 0 aromatic heterocycles. The zero-order valence-corrected chi connectivity index (χ0v) is 17.3. The van der Waals surface area contributed by atoms with Crippen LogP contribution in [0, 0.1) is 43.4 Å². The molecule has 0 saturated heterocycles. The predicted molar refractivity (Wildman–Crippen MR) is 110 cm³/mol. The maximum atomic E-state index is 13.1. The van der Waals surface area contributed by atoms with E-state index in [-0.39, 0.29) is 23.5 Å². The fraction of sp³-hybridized carbons (Fsp3) is 0.583. The Morgan fingerprint density at radius 2 is 1.82 bits per heavy atom. The third kappa shape index (κ3) is 4.00. The number of benzene rings is 1. The second-order valence-electron chi connectivity index (χ2n) is 8.49. The highest BCUT2D eigenvalue weighted by Crippen LogP contribution is 2.45. The molecule has 0 aliphatic heterocycles. The monoisotopic (exact) mass is 381 g/mol. The molecule has 0 spiro atoms. The quantitative estimate of drug-likeness (QED) is 0.790. The van der Waals surface area contributed by atoms with E-state index in [0.29, 0.717) is 18.8 Å². The molecule has 0 radical (unpaired) electrons. The number of carbonyl (C=O) groups excluding carboxylic acids is 2. The molecule has 3 unspecified atom stereocenters. The Kier molecular flexibility index (Phi) is 6.25. The van der Waals surface area contributed by atoms with Crippen molar-refractivity contribution in [3.05, 3.63) is 34.4 Å². The van der Waals surface area contributed by atoms with Gasteiger partial charge < -0.3 is 10.4 Å². The van der Waals surface area contributed by atoms with Crippen molar-refractivity contribution in [1.29, 1.82) is 0 Å². The molecule has 2 N–H and O–H groups in total. The zero-order chi connectivity index (χ0) is 20.4. The van der Waals surface area contributed by atoms with E-state index in [0.717, 1.165) is 41.5 Å². The summed E-state index contributed by atoms with van der Waals surface area (Å²) in [6.45, 7) is 5.81. The summed E-state index contributed by atoms with van der Waals surface area (Å²) in [4.78, 5) is 25.0. The molecule has 2 fully saturated rings. The Morgan fingerprint density at radius 1 is 1.14 bits per heavy atom. The average molecular weight is 382 g/mol. The van der Waals surface area contributed by atoms with Crippen LogP contribution in [0.1, 0.15) is 67.2 Å². The van der Waals surface area contributed by atoms with Crippen molar-refractivity contribution in [1.82, 2.24) is 5.32 Å². The van der Waals surface area contributed by atoms with Crippen molar-refractivity contribution in [2.75, 3.05) is 7.05 Å². The number of ketones is 1. The van der Waals surface area contributed by atoms with Gasteiger partial charge in [0.2, 0.25) is 5.91 Å². The molecule has 1 amide bonds. The topological polar surface area (TPSA) is 66.4 Å². The number of amides is 1. The highest BCUT2D eigenvalue weighted by atomic mass is 16.3. The van der Waals surface area contributed by atoms with Gasteiger partial charge in [-0.2, -0.15) is 0 Å². The normalized spacial score (nSPS) is 29.9. The summed E-state index contributed by atoms with van der Waals surface area (Å²) in [5.41, 5.74) is 3.96. The van der Waals surface area contributed by atoms with E-state index in [1.807, 2.05) is 32.9 Å². The largest absolute Gasteiger partial charge is 0.392 e. The lowest BCUT2D eigenvalue weighted by Crippen LogP contribution is -2.38. The minimum atomic E-state index is -0.661. The molecule has 2 aliphatic rings. The number of aliphatic hydroxyl groups excluding tert-OH is 1. The molecule has 0 bridgehead atoms. The maximum Gasteiger partial charge on any atom is 0.222 e. The van der Waals surface area contributed by atoms with E-state index >= 15 is 0 Å². The van der Waals surface area contributed by atoms with Gasteiger partial charge in [-0.05, 0) is 87.1 Å². The molecule has 0 heterocycles. The molecule has 150 valence electrons. The zero-order valence-electron chi connectivity index (χ0n) is 17.3. The van der Waals surface area contributed by atoms with Crippen LogP contribution in [0.25, 0.3) is 0 Å². The van der Waals surface area contributed by atoms with Gasteiger partial charge in [-0.15, -0.1) is 5.92 Å². The summed E-state index contributed by atoms with van der Waals surface area (Å²) in [7, 11) is 1.68. The van der Waals surface area contributed by atoms with Crippen molar-refractivity contribution in [3.8, 4) is 11.8 Å². The molecule has 5 atom stereocenters. The fourth-order valence-corrected chi connectivity index (χ4v) is 5.41. The lowest BCUT2D eigenvalue weighted by atomic mass is 9.69. The van der Waals surface area contributed by atoms with Crippen LogP contribution in [-0.2, 0) is 9.59 Å². The van der Waals surface area contributed by atoms with Crippen LogP contribution in [0.4, 0.5) is 0 Å². The summed E-state index contributed by atoms with van der Waals surface area (Å²) >= 11 is 0. The first-order chi connectivity index (χ1) is 13.3. The second-order valence-corrected chi connectivity index (χ2v) is 8.49. The van der Waals surface area contributed by atoms with Crippen LogP contribution in [0.2, 0.25) is 0 Å². The molecule has 4 heteroatoms. The van der Waals surface area contributed by atoms with E-state index in [1.54, 1.807) is 7.05 Å². The summed E-state index contributed by atoms with van der Waals surface area (Å²) in [5, 5.41) is 13.7. The highest BCUT2D eigenvalue weighted by molar-refractivity contribution is 5.88. The number of nitrogens with one attached hydrogen (secondary N) is 1. The number of hydrogen-bond acceptors (Lipinski definition) is 3. The Morgan fingerprint density at radius 3 is 2.39 bits per heavy atom. The number of aryl methyl sites for hydroxylation is 2. The molecule has 2 aliphatic carbocycles. The van der Waals surface area contributed by atoms with E-state index in [4.69, 9.17) is 0 Å². The third-order valence-electron chi connectivity index (χ3n) is 6.67. The molecule has 2 saturated carbocycles. The number of rotatable bonds is 3. The Balaban J connectivity index is 1.77. The first-order valence-corrected chi connectivity index (χ1v) is 10.3. The van der Waals surface area contributed by atoms with Gasteiger partial charge in [-0.25, -0.2) is 0 Å². The highest BCUT2D eigenvalue weighted by Gasteiger charge is 2.43. The predicted octanol–water partition coefficient (Wildman–Crippen LogP) is 3.26. The third-order valence-corrected chi connectivity index (χ3v) is 6.67. The molecule has 28 heavy (non-hydrogen) atoms. The summed E-state index contributed by atoms with van der Waals surface area (Å²) in [5.74, 6) is 6.36. The SMILES string of the molecule is CC#Cc1cc(C)c(C2C(=O)CC([C@H]3CC[C@@H](C(=O)NC)C3)CC2O)c(C)c1. The van der Waals surface area contributed by atoms with Crippen molar-refractivity contribution >= 4 is 11.7 Å². The van der Waals surface area contributed by atoms with E-state index in [9.17, 15) is 14.7 Å². The van der Waals surface area contributed by atoms with Crippen LogP contribution in [0.3, 0.4) is 0 Å². The number of carbonyl (C=O) groups is 2. The van der Waals surface area contributed by atoms with Crippen LogP contribution in [-0.4, -0.2) is 29.9 Å². The van der Waals surface area contributed by atoms with Crippen molar-refractivity contribution in [2.24, 2.45) is 17.8 Å². The minimum absolute atomic E-state index is 0.0525. The van der Waals surface area contributed by atoms with Gasteiger partial charge in [0.15, 0.2) is 0 Å². The number of Topliss-reactive ketones (excluding diaryl/α,β-unsaturated/α-hetero) is 1. The minimum Gasteiger partial charge on any atom is -0.392 e. The Hall–Kier alpha value is -2.12. The molecular formula is C24H31NO3. The van der Waals surface area contributed by atoms with Crippen LogP contribution < -0.4 is 5.32 Å². The van der Waals surface area contributed by atoms with Gasteiger partial charge in [0.25, 0.3) is 0 Å².